The molecule has 9 heteroatoms. The first kappa shape index (κ1) is 18.0. The number of nitrogens with zero attached hydrogens (tertiary/aromatic N) is 7. The summed E-state index contributed by atoms with van der Waals surface area (Å²) in [5.74, 6) is 1.97. The zero-order valence-electron chi connectivity index (χ0n) is 16.1. The van der Waals surface area contributed by atoms with E-state index in [-0.39, 0.29) is 5.56 Å². The Morgan fingerprint density at radius 1 is 1.14 bits per heavy atom. The molecule has 0 radical (unpaired) electrons. The summed E-state index contributed by atoms with van der Waals surface area (Å²) in [6, 6.07) is 7.21. The zero-order valence-corrected chi connectivity index (χ0v) is 16.1. The van der Waals surface area contributed by atoms with Crippen molar-refractivity contribution in [1.29, 1.82) is 0 Å². The van der Waals surface area contributed by atoms with Crippen LogP contribution in [0.1, 0.15) is 24.1 Å². The molecule has 0 amide bonds. The molecule has 0 aliphatic carbocycles. The van der Waals surface area contributed by atoms with Crippen molar-refractivity contribution >= 4 is 5.82 Å². The van der Waals surface area contributed by atoms with Crippen molar-refractivity contribution in [3.05, 3.63) is 58.3 Å². The van der Waals surface area contributed by atoms with Gasteiger partial charge in [0, 0.05) is 50.1 Å². The normalized spacial score (nSPS) is 17.3. The molecule has 3 aromatic heterocycles. The minimum atomic E-state index is -0.0797. The number of hydrogen-bond acceptors (Lipinski definition) is 7. The van der Waals surface area contributed by atoms with Crippen LogP contribution in [0.15, 0.2) is 41.5 Å². The quantitative estimate of drug-likeness (QED) is 0.658. The lowest BCUT2D eigenvalue weighted by Gasteiger charge is -2.33. The molecule has 5 rings (SSSR count). The van der Waals surface area contributed by atoms with Crippen LogP contribution in [0.5, 0.6) is 0 Å². The third-order valence-corrected chi connectivity index (χ3v) is 5.65. The second kappa shape index (κ2) is 7.75. The van der Waals surface area contributed by atoms with Crippen LogP contribution in [0.4, 0.5) is 5.82 Å². The van der Waals surface area contributed by atoms with Crippen molar-refractivity contribution in [3.8, 4) is 5.82 Å². The van der Waals surface area contributed by atoms with Gasteiger partial charge < -0.3 is 9.64 Å². The van der Waals surface area contributed by atoms with Gasteiger partial charge in [-0.1, -0.05) is 0 Å². The Bertz CT molecular complexity index is 1040. The van der Waals surface area contributed by atoms with Gasteiger partial charge in [0.05, 0.1) is 18.9 Å². The Morgan fingerprint density at radius 2 is 2.03 bits per heavy atom. The molecular weight excluding hydrogens is 370 g/mol. The van der Waals surface area contributed by atoms with E-state index in [2.05, 4.69) is 31.4 Å². The Kier molecular flexibility index (Phi) is 4.81. The van der Waals surface area contributed by atoms with Gasteiger partial charge in [-0.15, -0.1) is 10.2 Å². The Balaban J connectivity index is 1.25. The summed E-state index contributed by atoms with van der Waals surface area (Å²) in [5, 5.41) is 17.5. The van der Waals surface area contributed by atoms with E-state index in [1.54, 1.807) is 27.7 Å². The maximum absolute atomic E-state index is 12.3. The van der Waals surface area contributed by atoms with Crippen LogP contribution in [0.25, 0.3) is 5.82 Å². The molecule has 1 fully saturated rings. The lowest BCUT2D eigenvalue weighted by molar-refractivity contribution is 0.108. The van der Waals surface area contributed by atoms with Gasteiger partial charge in [0.2, 0.25) is 0 Å². The van der Waals surface area contributed by atoms with E-state index in [4.69, 9.17) is 4.74 Å². The maximum Gasteiger partial charge on any atom is 0.266 e. The van der Waals surface area contributed by atoms with Gasteiger partial charge in [0.1, 0.15) is 0 Å². The van der Waals surface area contributed by atoms with Gasteiger partial charge in [0.25, 0.3) is 5.56 Å². The highest BCUT2D eigenvalue weighted by Gasteiger charge is 2.23. The molecule has 3 aromatic rings. The zero-order chi connectivity index (χ0) is 19.6. The van der Waals surface area contributed by atoms with E-state index in [9.17, 15) is 4.79 Å². The maximum atomic E-state index is 12.3. The summed E-state index contributed by atoms with van der Waals surface area (Å²) >= 11 is 0. The lowest BCUT2D eigenvalue weighted by Crippen LogP contribution is -2.37. The number of anilines is 1. The van der Waals surface area contributed by atoms with E-state index in [0.717, 1.165) is 56.0 Å². The topological polar surface area (TPSA) is 91.0 Å². The van der Waals surface area contributed by atoms with E-state index >= 15 is 0 Å². The smallest absolute Gasteiger partial charge is 0.266 e. The minimum Gasteiger partial charge on any atom is -0.376 e. The van der Waals surface area contributed by atoms with Crippen molar-refractivity contribution < 1.29 is 4.74 Å². The first-order valence-corrected chi connectivity index (χ1v) is 10.0. The fourth-order valence-electron chi connectivity index (χ4n) is 3.97. The van der Waals surface area contributed by atoms with Crippen LogP contribution >= 0.6 is 0 Å². The molecule has 1 saturated heterocycles. The van der Waals surface area contributed by atoms with Crippen molar-refractivity contribution in [3.63, 3.8) is 0 Å². The third-order valence-electron chi connectivity index (χ3n) is 5.65. The molecule has 0 unspecified atom stereocenters. The summed E-state index contributed by atoms with van der Waals surface area (Å²) < 4.78 is 8.76. The fourth-order valence-corrected chi connectivity index (χ4v) is 3.97. The predicted molar refractivity (Wildman–Crippen MR) is 106 cm³/mol. The van der Waals surface area contributed by atoms with Gasteiger partial charge in [-0.3, -0.25) is 4.79 Å². The van der Waals surface area contributed by atoms with E-state index < -0.39 is 0 Å². The summed E-state index contributed by atoms with van der Waals surface area (Å²) in [6.07, 6.45) is 6.32. The third kappa shape index (κ3) is 3.77. The highest BCUT2D eigenvalue weighted by molar-refractivity contribution is 5.42. The molecule has 29 heavy (non-hydrogen) atoms. The molecule has 5 heterocycles. The molecule has 0 aromatic carbocycles. The molecule has 0 atom stereocenters. The Morgan fingerprint density at radius 3 is 2.86 bits per heavy atom. The van der Waals surface area contributed by atoms with Crippen LogP contribution in [-0.2, 0) is 24.3 Å². The standard InChI is InChI=1S/C20H23N7O2/c28-20-3-2-18(26-8-1-7-21-26)24-27(20)13-15-4-9-25(10-5-15)19-12-16-14-29-11-6-17(16)22-23-19/h1-3,7-8,12,15H,4-6,9-11,13-14H2. The van der Waals surface area contributed by atoms with Crippen molar-refractivity contribution in [1.82, 2.24) is 29.8 Å². The fraction of sp³-hybridized carbons (Fsp3) is 0.450. The van der Waals surface area contributed by atoms with Crippen LogP contribution < -0.4 is 10.5 Å². The second-order valence-corrected chi connectivity index (χ2v) is 7.57. The van der Waals surface area contributed by atoms with Gasteiger partial charge in [-0.2, -0.15) is 10.2 Å². The number of ether oxygens (including phenoxy) is 1. The molecular formula is C20H23N7O2. The molecule has 0 N–H and O–H groups in total. The Labute approximate surface area is 167 Å². The Hall–Kier alpha value is -3.07. The molecule has 150 valence electrons. The molecule has 0 saturated carbocycles. The highest BCUT2D eigenvalue weighted by atomic mass is 16.5. The van der Waals surface area contributed by atoms with E-state index in [0.29, 0.717) is 24.9 Å². The number of fused-ring (bicyclic) bond motifs is 1. The minimum absolute atomic E-state index is 0.0797. The highest BCUT2D eigenvalue weighted by Crippen LogP contribution is 2.25. The number of hydrogen-bond donors (Lipinski definition) is 0. The second-order valence-electron chi connectivity index (χ2n) is 7.57. The molecule has 9 nitrogen and oxygen atoms in total. The SMILES string of the molecule is O=c1ccc(-n2cccn2)nn1CC1CCN(c2cc3c(nn2)CCOC3)CC1. The van der Waals surface area contributed by atoms with Crippen LogP contribution in [0.3, 0.4) is 0 Å². The van der Waals surface area contributed by atoms with Crippen LogP contribution in [0.2, 0.25) is 0 Å². The average Bonchev–Trinajstić information content (AvgIpc) is 3.30. The van der Waals surface area contributed by atoms with Gasteiger partial charge >= 0.3 is 0 Å². The summed E-state index contributed by atoms with van der Waals surface area (Å²) in [7, 11) is 0. The van der Waals surface area contributed by atoms with Gasteiger partial charge in [-0.05, 0) is 37.0 Å². The molecule has 2 aliphatic rings. The van der Waals surface area contributed by atoms with Gasteiger partial charge in [-0.25, -0.2) is 9.36 Å². The van der Waals surface area contributed by atoms with E-state index in [1.807, 2.05) is 12.3 Å². The number of rotatable bonds is 4. The average molecular weight is 393 g/mol. The van der Waals surface area contributed by atoms with E-state index in [1.165, 1.54) is 0 Å². The largest absolute Gasteiger partial charge is 0.376 e. The first-order chi connectivity index (χ1) is 14.3. The molecule has 2 aliphatic heterocycles. The number of aromatic nitrogens is 6. The van der Waals surface area contributed by atoms with Crippen molar-refractivity contribution in [2.24, 2.45) is 5.92 Å². The monoisotopic (exact) mass is 393 g/mol. The summed E-state index contributed by atoms with van der Waals surface area (Å²) in [4.78, 5) is 14.5. The summed E-state index contributed by atoms with van der Waals surface area (Å²) in [6.45, 7) is 3.75. The van der Waals surface area contributed by atoms with Crippen LogP contribution in [0, 0.1) is 5.92 Å². The first-order valence-electron chi connectivity index (χ1n) is 10.0. The van der Waals surface area contributed by atoms with Gasteiger partial charge in [0.15, 0.2) is 11.6 Å². The van der Waals surface area contributed by atoms with Crippen molar-refractivity contribution in [2.75, 3.05) is 24.6 Å². The molecule has 0 bridgehead atoms. The van der Waals surface area contributed by atoms with Crippen molar-refractivity contribution in [2.45, 2.75) is 32.4 Å². The molecule has 0 spiro atoms. The number of piperidine rings is 1. The summed E-state index contributed by atoms with van der Waals surface area (Å²) in [5.41, 5.74) is 2.12. The van der Waals surface area contributed by atoms with Crippen LogP contribution in [-0.4, -0.2) is 49.5 Å². The predicted octanol–water partition coefficient (Wildman–Crippen LogP) is 1.21. The lowest BCUT2D eigenvalue weighted by atomic mass is 9.96.